The van der Waals surface area contributed by atoms with Gasteiger partial charge in [0.2, 0.25) is 0 Å². The third kappa shape index (κ3) is 3.52. The van der Waals surface area contributed by atoms with Crippen molar-refractivity contribution in [2.24, 2.45) is 4.99 Å². The molecule has 0 saturated carbocycles. The SMILES string of the molecule is Cc1ccc2c(c1)C(=Nc1ccc(C(F)(F)F)cc1)c1cc([N+](=O)[O-])cc([N+](=O)[O-])c1-2. The number of fused-ring (bicyclic) bond motifs is 3. The maximum atomic E-state index is 12.8. The molecule has 7 nitrogen and oxygen atoms in total. The molecule has 0 atom stereocenters. The largest absolute Gasteiger partial charge is 0.416 e. The van der Waals surface area contributed by atoms with E-state index in [4.69, 9.17) is 0 Å². The monoisotopic (exact) mass is 427 g/mol. The fourth-order valence-corrected chi connectivity index (χ4v) is 3.52. The summed E-state index contributed by atoms with van der Waals surface area (Å²) in [5, 5.41) is 23.0. The van der Waals surface area contributed by atoms with Gasteiger partial charge < -0.3 is 0 Å². The molecule has 0 unspecified atom stereocenters. The number of halogens is 3. The normalized spacial score (nSPS) is 13.7. The Balaban J connectivity index is 1.98. The second kappa shape index (κ2) is 7.01. The fourth-order valence-electron chi connectivity index (χ4n) is 3.52. The van der Waals surface area contributed by atoms with Crippen LogP contribution in [-0.4, -0.2) is 15.6 Å². The maximum Gasteiger partial charge on any atom is 0.416 e. The molecule has 4 rings (SSSR count). The van der Waals surface area contributed by atoms with Gasteiger partial charge in [0.25, 0.3) is 11.4 Å². The molecule has 1 aliphatic carbocycles. The Kier molecular flexibility index (Phi) is 4.57. The summed E-state index contributed by atoms with van der Waals surface area (Å²) in [5.41, 5.74) is 0.832. The summed E-state index contributed by atoms with van der Waals surface area (Å²) in [6.45, 7) is 1.80. The number of nitro benzene ring substituents is 2. The van der Waals surface area contributed by atoms with Crippen LogP contribution < -0.4 is 0 Å². The quantitative estimate of drug-likeness (QED) is 0.297. The first-order chi connectivity index (χ1) is 14.6. The van der Waals surface area contributed by atoms with Crippen molar-refractivity contribution in [3.63, 3.8) is 0 Å². The highest BCUT2D eigenvalue weighted by atomic mass is 19.4. The summed E-state index contributed by atoms with van der Waals surface area (Å²) in [7, 11) is 0. The zero-order chi connectivity index (χ0) is 22.5. The van der Waals surface area contributed by atoms with Crippen molar-refractivity contribution in [1.82, 2.24) is 0 Å². The summed E-state index contributed by atoms with van der Waals surface area (Å²) in [5.74, 6) is 0. The zero-order valence-electron chi connectivity index (χ0n) is 15.8. The lowest BCUT2D eigenvalue weighted by atomic mass is 10.0. The highest BCUT2D eigenvalue weighted by Gasteiger charge is 2.35. The van der Waals surface area contributed by atoms with E-state index >= 15 is 0 Å². The molecule has 1 aliphatic rings. The summed E-state index contributed by atoms with van der Waals surface area (Å²) in [6.07, 6.45) is -4.50. The van der Waals surface area contributed by atoms with Crippen LogP contribution in [0.4, 0.5) is 30.2 Å². The van der Waals surface area contributed by atoms with Crippen LogP contribution in [-0.2, 0) is 6.18 Å². The van der Waals surface area contributed by atoms with Gasteiger partial charge in [-0.15, -0.1) is 0 Å². The Bertz CT molecular complexity index is 1280. The van der Waals surface area contributed by atoms with Crippen LogP contribution in [0.1, 0.15) is 22.3 Å². The lowest BCUT2D eigenvalue weighted by Gasteiger charge is -2.07. The predicted molar refractivity (Wildman–Crippen MR) is 107 cm³/mol. The van der Waals surface area contributed by atoms with Gasteiger partial charge in [-0.05, 0) is 42.8 Å². The van der Waals surface area contributed by atoms with Crippen molar-refractivity contribution in [2.45, 2.75) is 13.1 Å². The average molecular weight is 427 g/mol. The fraction of sp³-hybridized carbons (Fsp3) is 0.0952. The number of hydrogen-bond acceptors (Lipinski definition) is 5. The van der Waals surface area contributed by atoms with Gasteiger partial charge in [-0.3, -0.25) is 20.2 Å². The van der Waals surface area contributed by atoms with Crippen LogP contribution in [0.25, 0.3) is 11.1 Å². The van der Waals surface area contributed by atoms with Gasteiger partial charge >= 0.3 is 6.18 Å². The second-order valence-electron chi connectivity index (χ2n) is 6.96. The van der Waals surface area contributed by atoms with E-state index in [1.54, 1.807) is 25.1 Å². The number of alkyl halides is 3. The standard InChI is InChI=1S/C21H12F3N3O4/c1-11-2-7-15-16(8-11)20(25-13-5-3-12(4-6-13)21(22,23)24)17-9-14(26(28)29)10-18(19(15)17)27(30)31/h2-10H,1H3. The van der Waals surface area contributed by atoms with Crippen LogP contribution in [0.5, 0.6) is 0 Å². The lowest BCUT2D eigenvalue weighted by Crippen LogP contribution is -2.04. The van der Waals surface area contributed by atoms with Crippen molar-refractivity contribution in [2.75, 3.05) is 0 Å². The van der Waals surface area contributed by atoms with Gasteiger partial charge in [0.15, 0.2) is 0 Å². The summed E-state index contributed by atoms with van der Waals surface area (Å²) < 4.78 is 38.5. The summed E-state index contributed by atoms with van der Waals surface area (Å²) >= 11 is 0. The first kappa shape index (κ1) is 20.2. The van der Waals surface area contributed by atoms with Crippen molar-refractivity contribution < 1.29 is 23.0 Å². The number of hydrogen-bond donors (Lipinski definition) is 0. The number of aryl methyl sites for hydroxylation is 1. The molecule has 3 aromatic rings. The minimum Gasteiger partial charge on any atom is -0.258 e. The molecule has 0 radical (unpaired) electrons. The Morgan fingerprint density at radius 3 is 2.10 bits per heavy atom. The second-order valence-corrected chi connectivity index (χ2v) is 6.96. The van der Waals surface area contributed by atoms with E-state index in [1.807, 2.05) is 0 Å². The highest BCUT2D eigenvalue weighted by molar-refractivity contribution is 6.26. The lowest BCUT2D eigenvalue weighted by molar-refractivity contribution is -0.393. The topological polar surface area (TPSA) is 98.6 Å². The highest BCUT2D eigenvalue weighted by Crippen LogP contribution is 2.45. The molecule has 0 fully saturated rings. The molecular weight excluding hydrogens is 415 g/mol. The van der Waals surface area contributed by atoms with Crippen molar-refractivity contribution in [3.05, 3.63) is 97.1 Å². The third-order valence-electron chi connectivity index (χ3n) is 4.90. The van der Waals surface area contributed by atoms with Crippen LogP contribution in [0.15, 0.2) is 59.6 Å². The first-order valence-electron chi connectivity index (χ1n) is 8.91. The Morgan fingerprint density at radius 2 is 1.52 bits per heavy atom. The molecule has 0 spiro atoms. The van der Waals surface area contributed by atoms with Gasteiger partial charge in [-0.2, -0.15) is 13.2 Å². The predicted octanol–water partition coefficient (Wildman–Crippen LogP) is 5.98. The molecule has 0 aromatic heterocycles. The molecule has 0 N–H and O–H groups in total. The van der Waals surface area contributed by atoms with E-state index in [0.717, 1.165) is 23.8 Å². The molecule has 0 heterocycles. The molecule has 0 bridgehead atoms. The van der Waals surface area contributed by atoms with E-state index in [2.05, 4.69) is 4.99 Å². The van der Waals surface area contributed by atoms with Gasteiger partial charge in [-0.25, -0.2) is 4.99 Å². The number of non-ortho nitro benzene ring substituents is 1. The molecule has 0 saturated heterocycles. The van der Waals surface area contributed by atoms with Crippen LogP contribution in [0, 0.1) is 27.2 Å². The number of nitro groups is 2. The van der Waals surface area contributed by atoms with Crippen molar-refractivity contribution in [3.8, 4) is 11.1 Å². The Labute approximate surface area is 172 Å². The minimum absolute atomic E-state index is 0.178. The molecule has 156 valence electrons. The maximum absolute atomic E-state index is 12.8. The number of benzene rings is 3. The van der Waals surface area contributed by atoms with Gasteiger partial charge in [0.1, 0.15) is 0 Å². The van der Waals surface area contributed by atoms with E-state index in [0.29, 0.717) is 11.1 Å². The Hall–Kier alpha value is -4.08. The summed E-state index contributed by atoms with van der Waals surface area (Å²) in [4.78, 5) is 26.0. The van der Waals surface area contributed by atoms with Gasteiger partial charge in [0, 0.05) is 17.2 Å². The minimum atomic E-state index is -4.50. The van der Waals surface area contributed by atoms with E-state index < -0.39 is 33.0 Å². The van der Waals surface area contributed by atoms with E-state index in [-0.39, 0.29) is 22.5 Å². The molecule has 10 heteroatoms. The first-order valence-corrected chi connectivity index (χ1v) is 8.91. The third-order valence-corrected chi connectivity index (χ3v) is 4.90. The number of rotatable bonds is 3. The summed E-state index contributed by atoms with van der Waals surface area (Å²) in [6, 6.07) is 11.3. The smallest absolute Gasteiger partial charge is 0.258 e. The van der Waals surface area contributed by atoms with Crippen LogP contribution in [0.3, 0.4) is 0 Å². The van der Waals surface area contributed by atoms with Crippen molar-refractivity contribution in [1.29, 1.82) is 0 Å². The van der Waals surface area contributed by atoms with Gasteiger partial charge in [0.05, 0.1) is 38.4 Å². The molecule has 31 heavy (non-hydrogen) atoms. The Morgan fingerprint density at radius 1 is 0.839 bits per heavy atom. The molecular formula is C21H12F3N3O4. The van der Waals surface area contributed by atoms with E-state index in [1.165, 1.54) is 18.2 Å². The number of nitrogens with zero attached hydrogens (tertiary/aromatic N) is 3. The van der Waals surface area contributed by atoms with Crippen LogP contribution >= 0.6 is 0 Å². The van der Waals surface area contributed by atoms with E-state index in [9.17, 15) is 33.4 Å². The van der Waals surface area contributed by atoms with Crippen molar-refractivity contribution >= 4 is 22.8 Å². The molecule has 0 aliphatic heterocycles. The average Bonchev–Trinajstić information content (AvgIpc) is 2.99. The molecule has 0 amide bonds. The van der Waals surface area contributed by atoms with Crippen LogP contribution in [0.2, 0.25) is 0 Å². The van der Waals surface area contributed by atoms with Gasteiger partial charge in [-0.1, -0.05) is 17.7 Å². The zero-order valence-corrected chi connectivity index (χ0v) is 15.8. The number of aliphatic imine (C=N–C) groups is 1. The molecule has 3 aromatic carbocycles.